The zero-order valence-corrected chi connectivity index (χ0v) is 11.2. The van der Waals surface area contributed by atoms with Crippen molar-refractivity contribution in [2.24, 2.45) is 0 Å². The molecular formula is C14H20N2O2. The summed E-state index contributed by atoms with van der Waals surface area (Å²) >= 11 is 0. The van der Waals surface area contributed by atoms with Gasteiger partial charge in [0, 0.05) is 24.7 Å². The predicted octanol–water partition coefficient (Wildman–Crippen LogP) is 3.08. The molecule has 0 saturated heterocycles. The van der Waals surface area contributed by atoms with Crippen molar-refractivity contribution in [2.75, 3.05) is 10.6 Å². The van der Waals surface area contributed by atoms with Crippen molar-refractivity contribution in [3.63, 3.8) is 0 Å². The van der Waals surface area contributed by atoms with E-state index in [0.717, 1.165) is 29.8 Å². The molecule has 0 heterocycles. The summed E-state index contributed by atoms with van der Waals surface area (Å²) in [5.41, 5.74) is 2.36. The molecular weight excluding hydrogens is 228 g/mol. The summed E-state index contributed by atoms with van der Waals surface area (Å²) in [6, 6.07) is 5.47. The topological polar surface area (TPSA) is 58.2 Å². The number of carbonyl (C=O) groups excluding carboxylic acids is 2. The van der Waals surface area contributed by atoms with Gasteiger partial charge in [-0.15, -0.1) is 0 Å². The first-order chi connectivity index (χ1) is 8.54. The predicted molar refractivity (Wildman–Crippen MR) is 73.6 cm³/mol. The second-order valence-electron chi connectivity index (χ2n) is 4.31. The third-order valence-corrected chi connectivity index (χ3v) is 2.68. The average Bonchev–Trinajstić information content (AvgIpc) is 2.31. The van der Waals surface area contributed by atoms with Crippen molar-refractivity contribution < 1.29 is 9.59 Å². The maximum Gasteiger partial charge on any atom is 0.224 e. The van der Waals surface area contributed by atoms with Crippen molar-refractivity contribution in [3.8, 4) is 0 Å². The minimum atomic E-state index is -0.118. The highest BCUT2D eigenvalue weighted by Gasteiger charge is 2.07. The second kappa shape index (κ2) is 6.79. The van der Waals surface area contributed by atoms with Gasteiger partial charge in [-0.2, -0.15) is 0 Å². The van der Waals surface area contributed by atoms with Crippen molar-refractivity contribution in [1.82, 2.24) is 0 Å². The molecule has 0 atom stereocenters. The van der Waals surface area contributed by atoms with E-state index in [2.05, 4.69) is 17.6 Å². The number of unbranched alkanes of at least 4 members (excludes halogenated alkanes) is 1. The molecule has 18 heavy (non-hydrogen) atoms. The lowest BCUT2D eigenvalue weighted by atomic mass is 10.1. The molecule has 2 N–H and O–H groups in total. The minimum absolute atomic E-state index is 0.0138. The Balaban J connectivity index is 2.77. The molecule has 4 nitrogen and oxygen atoms in total. The van der Waals surface area contributed by atoms with E-state index in [0.29, 0.717) is 6.42 Å². The number of amides is 2. The van der Waals surface area contributed by atoms with Crippen LogP contribution in [0.5, 0.6) is 0 Å². The van der Waals surface area contributed by atoms with Gasteiger partial charge in [0.25, 0.3) is 0 Å². The van der Waals surface area contributed by atoms with Gasteiger partial charge in [-0.25, -0.2) is 0 Å². The van der Waals surface area contributed by atoms with Gasteiger partial charge in [0.1, 0.15) is 0 Å². The molecule has 0 fully saturated rings. The molecule has 0 radical (unpaired) electrons. The van der Waals surface area contributed by atoms with Crippen LogP contribution in [0.4, 0.5) is 11.4 Å². The van der Waals surface area contributed by atoms with Gasteiger partial charge in [-0.3, -0.25) is 9.59 Å². The Morgan fingerprint density at radius 1 is 1.17 bits per heavy atom. The molecule has 0 aromatic heterocycles. The summed E-state index contributed by atoms with van der Waals surface area (Å²) in [5, 5.41) is 5.61. The Morgan fingerprint density at radius 3 is 2.33 bits per heavy atom. The molecule has 0 unspecified atom stereocenters. The molecule has 1 rings (SSSR count). The van der Waals surface area contributed by atoms with E-state index in [4.69, 9.17) is 0 Å². The zero-order chi connectivity index (χ0) is 13.5. The number of benzene rings is 1. The lowest BCUT2D eigenvalue weighted by molar-refractivity contribution is -0.116. The van der Waals surface area contributed by atoms with Crippen LogP contribution in [0.2, 0.25) is 0 Å². The molecule has 0 spiro atoms. The van der Waals surface area contributed by atoms with Gasteiger partial charge in [0.05, 0.1) is 0 Å². The van der Waals surface area contributed by atoms with Crippen LogP contribution in [0.25, 0.3) is 0 Å². The van der Waals surface area contributed by atoms with E-state index < -0.39 is 0 Å². The SMILES string of the molecule is CCCCC(=O)Nc1cccc(NC(C)=O)c1C. The van der Waals surface area contributed by atoms with E-state index in [1.807, 2.05) is 25.1 Å². The Morgan fingerprint density at radius 2 is 1.78 bits per heavy atom. The van der Waals surface area contributed by atoms with Crippen LogP contribution in [-0.4, -0.2) is 11.8 Å². The van der Waals surface area contributed by atoms with E-state index >= 15 is 0 Å². The lowest BCUT2D eigenvalue weighted by Gasteiger charge is -2.12. The Labute approximate surface area is 108 Å². The van der Waals surface area contributed by atoms with Gasteiger partial charge in [0.2, 0.25) is 11.8 Å². The number of hydrogen-bond acceptors (Lipinski definition) is 2. The highest BCUT2D eigenvalue weighted by atomic mass is 16.2. The molecule has 0 aliphatic heterocycles. The first-order valence-corrected chi connectivity index (χ1v) is 6.21. The third kappa shape index (κ3) is 4.20. The van der Waals surface area contributed by atoms with Crippen molar-refractivity contribution in [2.45, 2.75) is 40.0 Å². The summed E-state index contributed by atoms with van der Waals surface area (Å²) in [6.45, 7) is 5.39. The quantitative estimate of drug-likeness (QED) is 0.841. The maximum atomic E-state index is 11.7. The van der Waals surface area contributed by atoms with Gasteiger partial charge in [0.15, 0.2) is 0 Å². The van der Waals surface area contributed by atoms with Crippen LogP contribution in [0.1, 0.15) is 38.7 Å². The number of anilines is 2. The van der Waals surface area contributed by atoms with Crippen molar-refractivity contribution in [1.29, 1.82) is 0 Å². The molecule has 98 valence electrons. The van der Waals surface area contributed by atoms with Gasteiger partial charge in [-0.1, -0.05) is 19.4 Å². The normalized spacial score (nSPS) is 9.94. The smallest absolute Gasteiger partial charge is 0.224 e. The van der Waals surface area contributed by atoms with Crippen LogP contribution >= 0.6 is 0 Å². The summed E-state index contributed by atoms with van der Waals surface area (Å²) in [7, 11) is 0. The summed E-state index contributed by atoms with van der Waals surface area (Å²) in [5.74, 6) is -0.104. The largest absolute Gasteiger partial charge is 0.326 e. The number of hydrogen-bond donors (Lipinski definition) is 2. The molecule has 4 heteroatoms. The minimum Gasteiger partial charge on any atom is -0.326 e. The van der Waals surface area contributed by atoms with Crippen LogP contribution in [0, 0.1) is 6.92 Å². The molecule has 0 aliphatic carbocycles. The standard InChI is InChI=1S/C14H20N2O2/c1-4-5-9-14(18)16-13-8-6-7-12(10(13)2)15-11(3)17/h6-8H,4-5,9H2,1-3H3,(H,15,17)(H,16,18). The van der Waals surface area contributed by atoms with E-state index in [1.165, 1.54) is 6.92 Å². The van der Waals surface area contributed by atoms with Crippen LogP contribution in [0.3, 0.4) is 0 Å². The van der Waals surface area contributed by atoms with Crippen LogP contribution < -0.4 is 10.6 Å². The van der Waals surface area contributed by atoms with Crippen LogP contribution in [-0.2, 0) is 9.59 Å². The summed E-state index contributed by atoms with van der Waals surface area (Å²) in [4.78, 5) is 22.7. The fraction of sp³-hybridized carbons (Fsp3) is 0.429. The van der Waals surface area contributed by atoms with E-state index in [-0.39, 0.29) is 11.8 Å². The molecule has 1 aromatic rings. The van der Waals surface area contributed by atoms with Gasteiger partial charge >= 0.3 is 0 Å². The maximum absolute atomic E-state index is 11.7. The molecule has 2 amide bonds. The van der Waals surface area contributed by atoms with Gasteiger partial charge < -0.3 is 10.6 Å². The molecule has 0 bridgehead atoms. The summed E-state index contributed by atoms with van der Waals surface area (Å²) in [6.07, 6.45) is 2.41. The Hall–Kier alpha value is -1.84. The second-order valence-corrected chi connectivity index (χ2v) is 4.31. The average molecular weight is 248 g/mol. The van der Waals surface area contributed by atoms with Crippen LogP contribution in [0.15, 0.2) is 18.2 Å². The monoisotopic (exact) mass is 248 g/mol. The van der Waals surface area contributed by atoms with E-state index in [9.17, 15) is 9.59 Å². The Bertz CT molecular complexity index is 441. The van der Waals surface area contributed by atoms with Crippen molar-refractivity contribution in [3.05, 3.63) is 23.8 Å². The first-order valence-electron chi connectivity index (χ1n) is 6.21. The highest BCUT2D eigenvalue weighted by molar-refractivity contribution is 5.95. The van der Waals surface area contributed by atoms with E-state index in [1.54, 1.807) is 0 Å². The Kier molecular flexibility index (Phi) is 5.36. The summed E-state index contributed by atoms with van der Waals surface area (Å²) < 4.78 is 0. The molecule has 0 saturated carbocycles. The van der Waals surface area contributed by atoms with Crippen molar-refractivity contribution >= 4 is 23.2 Å². The third-order valence-electron chi connectivity index (χ3n) is 2.68. The first kappa shape index (κ1) is 14.2. The number of rotatable bonds is 5. The molecule has 1 aromatic carbocycles. The van der Waals surface area contributed by atoms with Gasteiger partial charge in [-0.05, 0) is 31.0 Å². The fourth-order valence-corrected chi connectivity index (χ4v) is 1.65. The lowest BCUT2D eigenvalue weighted by Crippen LogP contribution is -2.13. The fourth-order valence-electron chi connectivity index (χ4n) is 1.65. The number of carbonyl (C=O) groups is 2. The highest BCUT2D eigenvalue weighted by Crippen LogP contribution is 2.23. The number of nitrogens with one attached hydrogen (secondary N) is 2. The molecule has 0 aliphatic rings. The zero-order valence-electron chi connectivity index (χ0n) is 11.2.